The van der Waals surface area contributed by atoms with Crippen LogP contribution in [0.15, 0.2) is 61.2 Å². The van der Waals surface area contributed by atoms with Crippen LogP contribution >= 0.6 is 6.72 Å². The first kappa shape index (κ1) is 28.3. The number of alkyl halides is 2. The van der Waals surface area contributed by atoms with E-state index in [4.69, 9.17) is 35.8 Å². The van der Waals surface area contributed by atoms with Crippen molar-refractivity contribution in [2.45, 2.75) is 44.3 Å². The van der Waals surface area contributed by atoms with Crippen molar-refractivity contribution in [3.8, 4) is 11.5 Å². The van der Waals surface area contributed by atoms with Crippen LogP contribution in [0.2, 0.25) is 0 Å². The number of aromatic nitrogens is 4. The molecule has 1 saturated heterocycles. The second-order valence-corrected chi connectivity index (χ2v) is 12.2. The van der Waals surface area contributed by atoms with E-state index >= 15 is 0 Å². The van der Waals surface area contributed by atoms with Crippen molar-refractivity contribution in [2.24, 2.45) is 0 Å². The summed E-state index contributed by atoms with van der Waals surface area (Å²) < 4.78 is 53.8. The number of ether oxygens (including phenoxy) is 1. The minimum absolute atomic E-state index is 0.0439. The zero-order valence-corrected chi connectivity index (χ0v) is 23.0. The summed E-state index contributed by atoms with van der Waals surface area (Å²) >= 11 is 5.61. The van der Waals surface area contributed by atoms with Crippen LogP contribution in [0.3, 0.4) is 0 Å². The standard InChI is InChI=1S/C25H26F2N5O6PS/c1-14-3-7-16(8-4-14)37-39(40,38-17-9-5-15(2)6-10-17)35-11-25(24(26)27)20(34)19(33)23(36-25)32-13-31-18-21(28)29-12-30-22(18)32/h3-10,12-13,19-20,23-24,33-34H,11H2,1-2H3,(H2,28,29,30)/t19-,20+,23-,25-/m1/s1. The number of aliphatic hydroxyl groups excluding tert-OH is 2. The Morgan fingerprint density at radius 1 is 1.02 bits per heavy atom. The molecule has 2 aromatic carbocycles. The molecule has 4 atom stereocenters. The summed E-state index contributed by atoms with van der Waals surface area (Å²) in [6.07, 6.45) is -6.40. The molecule has 5 rings (SSSR count). The molecule has 0 amide bonds. The van der Waals surface area contributed by atoms with Crippen LogP contribution < -0.4 is 14.8 Å². The molecule has 1 fully saturated rings. The average Bonchev–Trinajstić information content (AvgIpc) is 3.46. The number of benzene rings is 2. The minimum Gasteiger partial charge on any atom is -0.416 e. The first-order valence-corrected chi connectivity index (χ1v) is 14.6. The fourth-order valence-corrected chi connectivity index (χ4v) is 6.09. The highest BCUT2D eigenvalue weighted by molar-refractivity contribution is 8.07. The Balaban J connectivity index is 1.45. The Bertz CT molecular complexity index is 1490. The molecule has 0 unspecified atom stereocenters. The molecule has 3 heterocycles. The van der Waals surface area contributed by atoms with Crippen LogP contribution in [0.4, 0.5) is 14.6 Å². The van der Waals surface area contributed by atoms with Gasteiger partial charge in [0.2, 0.25) is 0 Å². The smallest absolute Gasteiger partial charge is 0.416 e. The highest BCUT2D eigenvalue weighted by Gasteiger charge is 2.61. The van der Waals surface area contributed by atoms with Crippen molar-refractivity contribution >= 4 is 35.5 Å². The molecule has 11 nitrogen and oxygen atoms in total. The number of nitrogen functional groups attached to an aromatic ring is 1. The Hall–Kier alpha value is -3.26. The van der Waals surface area contributed by atoms with Gasteiger partial charge in [-0.05, 0) is 38.1 Å². The van der Waals surface area contributed by atoms with Gasteiger partial charge < -0.3 is 29.7 Å². The van der Waals surface area contributed by atoms with Gasteiger partial charge in [-0.25, -0.2) is 23.7 Å². The molecule has 1 aliphatic heterocycles. The zero-order valence-electron chi connectivity index (χ0n) is 21.3. The van der Waals surface area contributed by atoms with E-state index in [1.807, 2.05) is 13.8 Å². The molecule has 1 aliphatic rings. The van der Waals surface area contributed by atoms with Crippen LogP contribution in [-0.2, 0) is 21.1 Å². The molecule has 2 aromatic heterocycles. The van der Waals surface area contributed by atoms with Gasteiger partial charge in [0.1, 0.15) is 35.6 Å². The van der Waals surface area contributed by atoms with Crippen molar-refractivity contribution in [2.75, 3.05) is 12.3 Å². The van der Waals surface area contributed by atoms with Gasteiger partial charge in [0.15, 0.2) is 23.3 Å². The molecule has 4 aromatic rings. The second kappa shape index (κ2) is 11.0. The third-order valence-electron chi connectivity index (χ3n) is 6.41. The van der Waals surface area contributed by atoms with E-state index < -0.39 is 43.8 Å². The van der Waals surface area contributed by atoms with E-state index in [-0.39, 0.29) is 17.0 Å². The molecular weight excluding hydrogens is 567 g/mol. The topological polar surface area (TPSA) is 147 Å². The Morgan fingerprint density at radius 3 is 2.15 bits per heavy atom. The second-order valence-electron chi connectivity index (χ2n) is 9.31. The Labute approximate surface area is 232 Å². The number of imidazole rings is 1. The summed E-state index contributed by atoms with van der Waals surface area (Å²) in [6.45, 7) is -1.03. The molecule has 4 N–H and O–H groups in total. The molecule has 0 radical (unpaired) electrons. The van der Waals surface area contributed by atoms with Crippen LogP contribution in [-0.4, -0.2) is 60.6 Å². The minimum atomic E-state index is -3.83. The van der Waals surface area contributed by atoms with Gasteiger partial charge in [-0.3, -0.25) is 9.09 Å². The number of halogens is 2. The summed E-state index contributed by atoms with van der Waals surface area (Å²) in [4.78, 5) is 12.0. The summed E-state index contributed by atoms with van der Waals surface area (Å²) in [5.74, 6) is 0.627. The monoisotopic (exact) mass is 593 g/mol. The van der Waals surface area contributed by atoms with Gasteiger partial charge in [-0.1, -0.05) is 35.4 Å². The normalized spacial score (nSPS) is 23.1. The predicted molar refractivity (Wildman–Crippen MR) is 144 cm³/mol. The van der Waals surface area contributed by atoms with E-state index in [2.05, 4.69) is 15.0 Å². The summed E-state index contributed by atoms with van der Waals surface area (Å²) in [5, 5.41) is 21.7. The third-order valence-corrected chi connectivity index (χ3v) is 8.49. The van der Waals surface area contributed by atoms with Crippen molar-refractivity contribution in [3.63, 3.8) is 0 Å². The maximum Gasteiger partial charge on any atom is 0.435 e. The lowest BCUT2D eigenvalue weighted by Gasteiger charge is -2.33. The lowest BCUT2D eigenvalue weighted by molar-refractivity contribution is -0.191. The molecule has 0 aliphatic carbocycles. The third kappa shape index (κ3) is 5.38. The lowest BCUT2D eigenvalue weighted by atomic mass is 9.96. The van der Waals surface area contributed by atoms with Gasteiger partial charge in [0, 0.05) is 11.8 Å². The lowest BCUT2D eigenvalue weighted by Crippen LogP contribution is -2.52. The number of nitrogens with zero attached hydrogens (tertiary/aromatic N) is 4. The predicted octanol–water partition coefficient (Wildman–Crippen LogP) is 3.68. The zero-order chi connectivity index (χ0) is 28.7. The SMILES string of the molecule is Cc1ccc(OP(=S)(OC[C@@]2(C(F)F)O[C@@H](n3cnc4c(N)ncnc43)[C@H](O)[C@@H]2O)Oc2ccc(C)cc2)cc1. The number of aryl methyl sites for hydroxylation is 2. The number of rotatable bonds is 9. The molecule has 40 heavy (non-hydrogen) atoms. The maximum atomic E-state index is 14.7. The fourth-order valence-electron chi connectivity index (χ4n) is 4.16. The van der Waals surface area contributed by atoms with Crippen LogP contribution in [0.25, 0.3) is 11.2 Å². The number of anilines is 1. The van der Waals surface area contributed by atoms with Crippen molar-refractivity contribution in [1.82, 2.24) is 19.5 Å². The van der Waals surface area contributed by atoms with Gasteiger partial charge >= 0.3 is 6.72 Å². The molecule has 0 saturated carbocycles. The van der Waals surface area contributed by atoms with Gasteiger partial charge in [0.25, 0.3) is 6.43 Å². The Morgan fingerprint density at radius 2 is 1.60 bits per heavy atom. The number of aliphatic hydroxyl groups is 2. The van der Waals surface area contributed by atoms with E-state index in [1.165, 1.54) is 10.9 Å². The quantitative estimate of drug-likeness (QED) is 0.244. The first-order chi connectivity index (χ1) is 19.0. The largest absolute Gasteiger partial charge is 0.435 e. The molecular formula is C25H26F2N5O6PS. The van der Waals surface area contributed by atoms with E-state index in [0.29, 0.717) is 11.5 Å². The number of hydrogen-bond acceptors (Lipinski definition) is 11. The fraction of sp³-hybridized carbons (Fsp3) is 0.320. The highest BCUT2D eigenvalue weighted by Crippen LogP contribution is 2.52. The number of hydrogen-bond donors (Lipinski definition) is 3. The first-order valence-electron chi connectivity index (χ1n) is 12.0. The Kier molecular flexibility index (Phi) is 7.75. The van der Waals surface area contributed by atoms with Crippen molar-refractivity contribution in [1.29, 1.82) is 0 Å². The van der Waals surface area contributed by atoms with Gasteiger partial charge in [-0.15, -0.1) is 0 Å². The summed E-state index contributed by atoms with van der Waals surface area (Å²) in [6, 6.07) is 13.7. The molecule has 212 valence electrons. The van der Waals surface area contributed by atoms with Crippen LogP contribution in [0.5, 0.6) is 11.5 Å². The van der Waals surface area contributed by atoms with E-state index in [1.54, 1.807) is 48.5 Å². The summed E-state index contributed by atoms with van der Waals surface area (Å²) in [7, 11) is 0. The highest BCUT2D eigenvalue weighted by atomic mass is 32.5. The van der Waals surface area contributed by atoms with Crippen LogP contribution in [0.1, 0.15) is 17.4 Å². The number of fused-ring (bicyclic) bond motifs is 1. The van der Waals surface area contributed by atoms with E-state index in [9.17, 15) is 19.0 Å². The maximum absolute atomic E-state index is 14.7. The van der Waals surface area contributed by atoms with Crippen molar-refractivity contribution < 1.29 is 37.3 Å². The van der Waals surface area contributed by atoms with E-state index in [0.717, 1.165) is 17.5 Å². The summed E-state index contributed by atoms with van der Waals surface area (Å²) in [5.41, 5.74) is 5.31. The molecule has 15 heteroatoms. The van der Waals surface area contributed by atoms with Crippen LogP contribution in [0, 0.1) is 13.8 Å². The molecule has 0 bridgehead atoms. The van der Waals surface area contributed by atoms with Gasteiger partial charge in [-0.2, -0.15) is 0 Å². The molecule has 0 spiro atoms. The average molecular weight is 594 g/mol. The van der Waals surface area contributed by atoms with Crippen molar-refractivity contribution in [3.05, 3.63) is 72.3 Å². The number of nitrogens with two attached hydrogens (primary N) is 1. The van der Waals surface area contributed by atoms with Gasteiger partial charge in [0.05, 0.1) is 12.9 Å².